The molecule has 0 bridgehead atoms. The highest BCUT2D eigenvalue weighted by molar-refractivity contribution is 5.97. The molecule has 1 rings (SSSR count). The van der Waals surface area contributed by atoms with E-state index < -0.39 is 0 Å². The highest BCUT2D eigenvalue weighted by Gasteiger charge is 2.19. The quantitative estimate of drug-likeness (QED) is 0.845. The van der Waals surface area contributed by atoms with Crippen molar-refractivity contribution in [2.45, 2.75) is 33.7 Å². The molecule has 1 aromatic rings. The van der Waals surface area contributed by atoms with E-state index in [0.29, 0.717) is 18.7 Å². The van der Waals surface area contributed by atoms with Crippen molar-refractivity contribution in [3.05, 3.63) is 34.9 Å². The lowest BCUT2D eigenvalue weighted by Crippen LogP contribution is -2.37. The van der Waals surface area contributed by atoms with E-state index in [1.807, 2.05) is 50.8 Å². The van der Waals surface area contributed by atoms with E-state index in [1.54, 1.807) is 0 Å². The third kappa shape index (κ3) is 3.84. The maximum Gasteiger partial charge on any atom is 0.255 e. The summed E-state index contributed by atoms with van der Waals surface area (Å²) in [5.74, 6) is 5.84. The average Bonchev–Trinajstić information content (AvgIpc) is 2.36. The van der Waals surface area contributed by atoms with Gasteiger partial charge in [0.25, 0.3) is 5.91 Å². The van der Waals surface area contributed by atoms with Gasteiger partial charge in [-0.1, -0.05) is 17.9 Å². The van der Waals surface area contributed by atoms with Crippen molar-refractivity contribution >= 4 is 5.91 Å². The lowest BCUT2D eigenvalue weighted by Gasteiger charge is -2.25. The Bertz CT molecular complexity index is 509. The fourth-order valence-electron chi connectivity index (χ4n) is 1.99. The Hall–Kier alpha value is -1.79. The zero-order valence-corrected chi connectivity index (χ0v) is 12.2. The van der Waals surface area contributed by atoms with Crippen LogP contribution in [0.1, 0.15) is 42.3 Å². The van der Waals surface area contributed by atoms with Crippen LogP contribution in [0.4, 0.5) is 0 Å². The molecule has 1 amide bonds. The maximum absolute atomic E-state index is 12.5. The van der Waals surface area contributed by atoms with Crippen molar-refractivity contribution in [2.24, 2.45) is 5.73 Å². The standard InChI is InChI=1S/C16H22N2O/c1-5-18(12(2)3)16(19)15-9-8-13(4)11-14(15)7-6-10-17/h8-9,11-12H,5,10,17H2,1-4H3. The van der Waals surface area contributed by atoms with E-state index in [0.717, 1.165) is 11.1 Å². The monoisotopic (exact) mass is 258 g/mol. The summed E-state index contributed by atoms with van der Waals surface area (Å²) >= 11 is 0. The summed E-state index contributed by atoms with van der Waals surface area (Å²) in [6, 6.07) is 5.90. The van der Waals surface area contributed by atoms with Crippen molar-refractivity contribution in [2.75, 3.05) is 13.1 Å². The van der Waals surface area contributed by atoms with Gasteiger partial charge in [-0.15, -0.1) is 0 Å². The summed E-state index contributed by atoms with van der Waals surface area (Å²) in [5.41, 5.74) is 7.91. The van der Waals surface area contributed by atoms with Crippen LogP contribution in [-0.2, 0) is 0 Å². The van der Waals surface area contributed by atoms with E-state index in [1.165, 1.54) is 0 Å². The minimum absolute atomic E-state index is 0.0267. The normalized spacial score (nSPS) is 10.0. The van der Waals surface area contributed by atoms with Crippen LogP contribution in [0.15, 0.2) is 18.2 Å². The smallest absolute Gasteiger partial charge is 0.255 e. The van der Waals surface area contributed by atoms with Gasteiger partial charge in [0.15, 0.2) is 0 Å². The maximum atomic E-state index is 12.5. The summed E-state index contributed by atoms with van der Waals surface area (Å²) in [7, 11) is 0. The van der Waals surface area contributed by atoms with E-state index in [2.05, 4.69) is 11.8 Å². The molecule has 0 aliphatic heterocycles. The molecule has 0 radical (unpaired) electrons. The fourth-order valence-corrected chi connectivity index (χ4v) is 1.99. The third-order valence-electron chi connectivity index (χ3n) is 2.96. The molecule has 2 N–H and O–H groups in total. The van der Waals surface area contributed by atoms with E-state index in [-0.39, 0.29) is 11.9 Å². The molecular formula is C16H22N2O. The summed E-state index contributed by atoms with van der Waals surface area (Å²) in [6.07, 6.45) is 0. The molecule has 0 atom stereocenters. The molecule has 19 heavy (non-hydrogen) atoms. The number of rotatable bonds is 3. The zero-order valence-electron chi connectivity index (χ0n) is 12.2. The molecule has 102 valence electrons. The second-order valence-electron chi connectivity index (χ2n) is 4.74. The molecule has 0 saturated heterocycles. The highest BCUT2D eigenvalue weighted by atomic mass is 16.2. The number of hydrogen-bond donors (Lipinski definition) is 1. The van der Waals surface area contributed by atoms with Gasteiger partial charge in [-0.2, -0.15) is 0 Å². The van der Waals surface area contributed by atoms with Gasteiger partial charge in [0, 0.05) is 18.2 Å². The molecule has 0 saturated carbocycles. The van der Waals surface area contributed by atoms with Gasteiger partial charge >= 0.3 is 0 Å². The molecule has 1 aromatic carbocycles. The van der Waals surface area contributed by atoms with Gasteiger partial charge in [0.05, 0.1) is 12.1 Å². The highest BCUT2D eigenvalue weighted by Crippen LogP contribution is 2.15. The van der Waals surface area contributed by atoms with Crippen LogP contribution in [0.2, 0.25) is 0 Å². The molecule has 0 heterocycles. The van der Waals surface area contributed by atoms with Crippen LogP contribution in [0, 0.1) is 18.8 Å². The van der Waals surface area contributed by atoms with Crippen LogP contribution in [-0.4, -0.2) is 29.9 Å². The topological polar surface area (TPSA) is 46.3 Å². The number of nitrogens with two attached hydrogens (primary N) is 1. The number of aryl methyl sites for hydroxylation is 1. The number of nitrogens with zero attached hydrogens (tertiary/aromatic N) is 1. The number of hydrogen-bond acceptors (Lipinski definition) is 2. The van der Waals surface area contributed by atoms with Crippen LogP contribution in [0.3, 0.4) is 0 Å². The second kappa shape index (κ2) is 6.96. The Morgan fingerprint density at radius 3 is 2.63 bits per heavy atom. The number of benzene rings is 1. The Kier molecular flexibility index (Phi) is 5.59. The van der Waals surface area contributed by atoms with Crippen LogP contribution >= 0.6 is 0 Å². The molecule has 0 aromatic heterocycles. The molecule has 0 unspecified atom stereocenters. The predicted molar refractivity (Wildman–Crippen MR) is 79.0 cm³/mol. The van der Waals surface area contributed by atoms with Gasteiger partial charge in [-0.3, -0.25) is 4.79 Å². The first-order valence-corrected chi connectivity index (χ1v) is 6.61. The largest absolute Gasteiger partial charge is 0.336 e. The van der Waals surface area contributed by atoms with Gasteiger partial charge in [-0.05, 0) is 45.4 Å². The molecular weight excluding hydrogens is 236 g/mol. The molecule has 3 heteroatoms. The van der Waals surface area contributed by atoms with Crippen LogP contribution in [0.25, 0.3) is 0 Å². The summed E-state index contributed by atoms with van der Waals surface area (Å²) < 4.78 is 0. The van der Waals surface area contributed by atoms with E-state index in [4.69, 9.17) is 5.73 Å². The van der Waals surface area contributed by atoms with Crippen molar-refractivity contribution in [1.82, 2.24) is 4.90 Å². The summed E-state index contributed by atoms with van der Waals surface area (Å²) in [5, 5.41) is 0. The fraction of sp³-hybridized carbons (Fsp3) is 0.438. The Balaban J connectivity index is 3.22. The summed E-state index contributed by atoms with van der Waals surface area (Å²) in [4.78, 5) is 14.4. The Morgan fingerprint density at radius 2 is 2.11 bits per heavy atom. The third-order valence-corrected chi connectivity index (χ3v) is 2.96. The Labute approximate surface area is 115 Å². The van der Waals surface area contributed by atoms with Gasteiger partial charge in [0.1, 0.15) is 0 Å². The first-order chi connectivity index (χ1) is 9.01. The van der Waals surface area contributed by atoms with Crippen molar-refractivity contribution in [1.29, 1.82) is 0 Å². The van der Waals surface area contributed by atoms with Gasteiger partial charge in [0.2, 0.25) is 0 Å². The minimum atomic E-state index is 0.0267. The zero-order chi connectivity index (χ0) is 14.4. The molecule has 0 fully saturated rings. The van der Waals surface area contributed by atoms with Gasteiger partial charge in [-0.25, -0.2) is 0 Å². The SMILES string of the molecule is CCN(C(=O)c1ccc(C)cc1C#CCN)C(C)C. The van der Waals surface area contributed by atoms with Crippen molar-refractivity contribution in [3.8, 4) is 11.8 Å². The van der Waals surface area contributed by atoms with E-state index in [9.17, 15) is 4.79 Å². The molecule has 0 aliphatic rings. The molecule has 3 nitrogen and oxygen atoms in total. The van der Waals surface area contributed by atoms with Crippen LogP contribution in [0.5, 0.6) is 0 Å². The van der Waals surface area contributed by atoms with Crippen LogP contribution < -0.4 is 5.73 Å². The van der Waals surface area contributed by atoms with Crippen molar-refractivity contribution < 1.29 is 4.79 Å². The Morgan fingerprint density at radius 1 is 1.42 bits per heavy atom. The summed E-state index contributed by atoms with van der Waals surface area (Å²) in [6.45, 7) is 8.98. The predicted octanol–water partition coefficient (Wildman–Crippen LogP) is 2.18. The number of amides is 1. The minimum Gasteiger partial charge on any atom is -0.336 e. The first-order valence-electron chi connectivity index (χ1n) is 6.61. The first kappa shape index (κ1) is 15.3. The molecule has 0 spiro atoms. The van der Waals surface area contributed by atoms with E-state index >= 15 is 0 Å². The average molecular weight is 258 g/mol. The molecule has 0 aliphatic carbocycles. The van der Waals surface area contributed by atoms with Crippen molar-refractivity contribution in [3.63, 3.8) is 0 Å². The van der Waals surface area contributed by atoms with Gasteiger partial charge < -0.3 is 10.6 Å². The lowest BCUT2D eigenvalue weighted by molar-refractivity contribution is 0.0716. The second-order valence-corrected chi connectivity index (χ2v) is 4.74. The number of carbonyl (C=O) groups is 1. The lowest BCUT2D eigenvalue weighted by atomic mass is 10.0. The number of carbonyl (C=O) groups excluding carboxylic acids is 1.